The van der Waals surface area contributed by atoms with Gasteiger partial charge in [-0.05, 0) is 55.9 Å². The molecule has 1 aromatic carbocycles. The molecular formula is C21H34N2O. The standard InChI is InChI=1S/C21H34N2O/c1-5-6-7-8-9-10-11-17-12-13-18-16(3)20(21(22)24)15(2)14-19(18)23(17)4/h14,17H,5-13H2,1-4H3,(H2,22,24). The van der Waals surface area contributed by atoms with Gasteiger partial charge >= 0.3 is 0 Å². The van der Waals surface area contributed by atoms with Gasteiger partial charge < -0.3 is 10.6 Å². The van der Waals surface area contributed by atoms with Crippen molar-refractivity contribution in [2.45, 2.75) is 84.6 Å². The van der Waals surface area contributed by atoms with E-state index in [-0.39, 0.29) is 5.91 Å². The molecule has 0 saturated carbocycles. The molecule has 1 heterocycles. The number of carbonyl (C=O) groups excluding carboxylic acids is 1. The molecule has 0 spiro atoms. The van der Waals surface area contributed by atoms with Crippen LogP contribution < -0.4 is 10.6 Å². The van der Waals surface area contributed by atoms with Crippen molar-refractivity contribution in [3.8, 4) is 0 Å². The van der Waals surface area contributed by atoms with E-state index >= 15 is 0 Å². The molecule has 134 valence electrons. The fourth-order valence-electron chi connectivity index (χ4n) is 4.21. The van der Waals surface area contributed by atoms with E-state index in [1.165, 1.54) is 62.6 Å². The van der Waals surface area contributed by atoms with E-state index in [0.29, 0.717) is 6.04 Å². The number of unbranched alkanes of at least 4 members (excludes halogenated alkanes) is 5. The molecule has 24 heavy (non-hydrogen) atoms. The van der Waals surface area contributed by atoms with Gasteiger partial charge in [0.05, 0.1) is 0 Å². The summed E-state index contributed by atoms with van der Waals surface area (Å²) in [5.41, 5.74) is 11.0. The van der Waals surface area contributed by atoms with Crippen molar-refractivity contribution in [3.63, 3.8) is 0 Å². The third-order valence-electron chi connectivity index (χ3n) is 5.68. The van der Waals surface area contributed by atoms with E-state index < -0.39 is 0 Å². The van der Waals surface area contributed by atoms with Crippen LogP contribution in [0.15, 0.2) is 6.07 Å². The third-order valence-corrected chi connectivity index (χ3v) is 5.68. The monoisotopic (exact) mass is 330 g/mol. The summed E-state index contributed by atoms with van der Waals surface area (Å²) in [6.45, 7) is 6.31. The van der Waals surface area contributed by atoms with Gasteiger partial charge in [-0.25, -0.2) is 0 Å². The first kappa shape index (κ1) is 18.8. The summed E-state index contributed by atoms with van der Waals surface area (Å²) >= 11 is 0. The van der Waals surface area contributed by atoms with Crippen molar-refractivity contribution in [3.05, 3.63) is 28.3 Å². The molecule has 1 atom stereocenters. The SMILES string of the molecule is CCCCCCCCC1CCc2c(cc(C)c(C(N)=O)c2C)N1C. The van der Waals surface area contributed by atoms with Gasteiger partial charge in [-0.15, -0.1) is 0 Å². The van der Waals surface area contributed by atoms with Gasteiger partial charge in [0, 0.05) is 24.3 Å². The Balaban J connectivity index is 2.02. The molecular weight excluding hydrogens is 296 g/mol. The first-order valence-corrected chi connectivity index (χ1v) is 9.63. The molecule has 3 heteroatoms. The predicted molar refractivity (Wildman–Crippen MR) is 103 cm³/mol. The number of hydrogen-bond acceptors (Lipinski definition) is 2. The molecule has 1 amide bonds. The molecule has 1 aliphatic rings. The Morgan fingerprint density at radius 3 is 2.54 bits per heavy atom. The molecule has 0 radical (unpaired) electrons. The number of rotatable bonds is 8. The Morgan fingerprint density at radius 2 is 1.88 bits per heavy atom. The van der Waals surface area contributed by atoms with Gasteiger partial charge in [-0.3, -0.25) is 4.79 Å². The summed E-state index contributed by atoms with van der Waals surface area (Å²) in [6, 6.07) is 2.79. The van der Waals surface area contributed by atoms with Crippen LogP contribution in [0, 0.1) is 13.8 Å². The number of aryl methyl sites for hydroxylation is 1. The molecule has 1 unspecified atom stereocenters. The molecule has 0 fully saturated rings. The van der Waals surface area contributed by atoms with E-state index in [4.69, 9.17) is 5.73 Å². The summed E-state index contributed by atoms with van der Waals surface area (Å²) in [5, 5.41) is 0. The first-order chi connectivity index (χ1) is 11.5. The maximum atomic E-state index is 11.7. The van der Waals surface area contributed by atoms with Crippen LogP contribution in [0.1, 0.15) is 85.3 Å². The van der Waals surface area contributed by atoms with Gasteiger partial charge in [-0.1, -0.05) is 45.4 Å². The lowest BCUT2D eigenvalue weighted by Gasteiger charge is -2.38. The van der Waals surface area contributed by atoms with Crippen LogP contribution in [-0.2, 0) is 6.42 Å². The fourth-order valence-corrected chi connectivity index (χ4v) is 4.21. The zero-order chi connectivity index (χ0) is 17.7. The minimum absolute atomic E-state index is 0.301. The Labute approximate surface area is 147 Å². The van der Waals surface area contributed by atoms with Crippen molar-refractivity contribution in [1.29, 1.82) is 0 Å². The molecule has 0 saturated heterocycles. The number of fused-ring (bicyclic) bond motifs is 1. The molecule has 1 aliphatic heterocycles. The Bertz CT molecular complexity index is 580. The highest BCUT2D eigenvalue weighted by Gasteiger charge is 2.26. The largest absolute Gasteiger partial charge is 0.371 e. The molecule has 3 nitrogen and oxygen atoms in total. The molecule has 2 rings (SSSR count). The van der Waals surface area contributed by atoms with Gasteiger partial charge in [0.1, 0.15) is 0 Å². The maximum absolute atomic E-state index is 11.7. The van der Waals surface area contributed by atoms with Crippen LogP contribution in [0.4, 0.5) is 5.69 Å². The van der Waals surface area contributed by atoms with Crippen molar-refractivity contribution in [1.82, 2.24) is 0 Å². The lowest BCUT2D eigenvalue weighted by molar-refractivity contribution is 0.0999. The number of hydrogen-bond donors (Lipinski definition) is 1. The molecule has 0 aliphatic carbocycles. The second-order valence-corrected chi connectivity index (χ2v) is 7.42. The zero-order valence-corrected chi connectivity index (χ0v) is 16.0. The lowest BCUT2D eigenvalue weighted by Crippen LogP contribution is -2.37. The van der Waals surface area contributed by atoms with Gasteiger partial charge in [-0.2, -0.15) is 0 Å². The van der Waals surface area contributed by atoms with E-state index in [9.17, 15) is 4.79 Å². The first-order valence-electron chi connectivity index (χ1n) is 9.63. The number of primary amides is 1. The topological polar surface area (TPSA) is 46.3 Å². The molecule has 0 bridgehead atoms. The number of benzene rings is 1. The minimum atomic E-state index is -0.301. The Morgan fingerprint density at radius 1 is 1.21 bits per heavy atom. The number of nitrogens with two attached hydrogens (primary N) is 1. The highest BCUT2D eigenvalue weighted by atomic mass is 16.1. The Kier molecular flexibility index (Phi) is 6.70. The summed E-state index contributed by atoms with van der Waals surface area (Å²) in [5.74, 6) is -0.301. The van der Waals surface area contributed by atoms with Crippen LogP contribution in [0.5, 0.6) is 0 Å². The maximum Gasteiger partial charge on any atom is 0.249 e. The predicted octanol–water partition coefficient (Wildman–Crippen LogP) is 4.90. The van der Waals surface area contributed by atoms with Gasteiger partial charge in [0.15, 0.2) is 0 Å². The van der Waals surface area contributed by atoms with Crippen LogP contribution >= 0.6 is 0 Å². The van der Waals surface area contributed by atoms with Crippen molar-refractivity contribution in [2.75, 3.05) is 11.9 Å². The summed E-state index contributed by atoms with van der Waals surface area (Å²) < 4.78 is 0. The van der Waals surface area contributed by atoms with Crippen molar-refractivity contribution in [2.24, 2.45) is 5.73 Å². The number of nitrogens with zero attached hydrogens (tertiary/aromatic N) is 1. The molecule has 0 aromatic heterocycles. The quantitative estimate of drug-likeness (QED) is 0.689. The number of anilines is 1. The summed E-state index contributed by atoms with van der Waals surface area (Å²) in [6.07, 6.45) is 11.6. The highest BCUT2D eigenvalue weighted by Crippen LogP contribution is 2.36. The second kappa shape index (κ2) is 8.55. The number of amides is 1. The zero-order valence-electron chi connectivity index (χ0n) is 16.0. The number of carbonyl (C=O) groups is 1. The highest BCUT2D eigenvalue weighted by molar-refractivity contribution is 5.97. The van der Waals surface area contributed by atoms with E-state index in [2.05, 4.69) is 24.9 Å². The van der Waals surface area contributed by atoms with Crippen LogP contribution in [-0.4, -0.2) is 19.0 Å². The normalized spacial score (nSPS) is 17.0. The second-order valence-electron chi connectivity index (χ2n) is 7.42. The van der Waals surface area contributed by atoms with Crippen molar-refractivity contribution < 1.29 is 4.79 Å². The van der Waals surface area contributed by atoms with Crippen LogP contribution in [0.2, 0.25) is 0 Å². The van der Waals surface area contributed by atoms with Crippen molar-refractivity contribution >= 4 is 11.6 Å². The summed E-state index contributed by atoms with van der Waals surface area (Å²) in [7, 11) is 2.21. The van der Waals surface area contributed by atoms with E-state index in [1.807, 2.05) is 13.8 Å². The van der Waals surface area contributed by atoms with E-state index in [1.54, 1.807) is 0 Å². The average molecular weight is 331 g/mol. The molecule has 1 aromatic rings. The smallest absolute Gasteiger partial charge is 0.249 e. The molecule has 2 N–H and O–H groups in total. The van der Waals surface area contributed by atoms with Gasteiger partial charge in [0.25, 0.3) is 0 Å². The van der Waals surface area contributed by atoms with Crippen LogP contribution in [0.3, 0.4) is 0 Å². The average Bonchev–Trinajstić information content (AvgIpc) is 2.53. The van der Waals surface area contributed by atoms with Gasteiger partial charge in [0.2, 0.25) is 5.91 Å². The Hall–Kier alpha value is -1.51. The van der Waals surface area contributed by atoms with E-state index in [0.717, 1.165) is 23.1 Å². The summed E-state index contributed by atoms with van der Waals surface area (Å²) in [4.78, 5) is 14.2. The van der Waals surface area contributed by atoms with Crippen LogP contribution in [0.25, 0.3) is 0 Å². The minimum Gasteiger partial charge on any atom is -0.371 e. The lowest BCUT2D eigenvalue weighted by atomic mass is 9.86. The third kappa shape index (κ3) is 4.12. The fraction of sp³-hybridized carbons (Fsp3) is 0.667.